The first-order chi connectivity index (χ1) is 8.32. The second-order valence-corrected chi connectivity index (χ2v) is 4.46. The van der Waals surface area contributed by atoms with Crippen LogP contribution in [-0.2, 0) is 4.79 Å². The van der Waals surface area contributed by atoms with Gasteiger partial charge in [-0.15, -0.1) is 0 Å². The molecule has 1 heterocycles. The molecule has 4 N–H and O–H groups in total. The number of nitrogens with zero attached hydrogens (tertiary/aromatic N) is 2. The highest BCUT2D eigenvalue weighted by atomic mass is 35.5. The Hall–Kier alpha value is -1.82. The zero-order chi connectivity index (χ0) is 13.9. The Morgan fingerprint density at radius 1 is 1.50 bits per heavy atom. The molecule has 0 bridgehead atoms. The van der Waals surface area contributed by atoms with Gasteiger partial charge in [0.25, 0.3) is 5.91 Å². The lowest BCUT2D eigenvalue weighted by Gasteiger charge is -2.25. The fraction of sp³-hybridized carbons (Fsp3) is 0.364. The molecule has 0 aliphatic heterocycles. The maximum absolute atomic E-state index is 12.2. The second-order valence-electron chi connectivity index (χ2n) is 4.10. The minimum absolute atomic E-state index is 0.0457. The molecule has 0 aliphatic rings. The summed E-state index contributed by atoms with van der Waals surface area (Å²) in [4.78, 5) is 28.3. The molecule has 0 saturated carbocycles. The van der Waals surface area contributed by atoms with Crippen molar-refractivity contribution in [1.82, 2.24) is 9.88 Å². The van der Waals surface area contributed by atoms with Crippen LogP contribution in [0.15, 0.2) is 12.3 Å². The summed E-state index contributed by atoms with van der Waals surface area (Å²) < 4.78 is 0. The van der Waals surface area contributed by atoms with Gasteiger partial charge in [0, 0.05) is 6.04 Å². The monoisotopic (exact) mass is 270 g/mol. The van der Waals surface area contributed by atoms with Gasteiger partial charge in [0.15, 0.2) is 0 Å². The molecule has 0 atom stereocenters. The van der Waals surface area contributed by atoms with E-state index < -0.39 is 11.8 Å². The number of rotatable bonds is 4. The van der Waals surface area contributed by atoms with Crippen LogP contribution in [-0.4, -0.2) is 34.3 Å². The number of carbonyl (C=O) groups excluding carboxylic acids is 2. The number of pyridine rings is 1. The SMILES string of the molecule is CC(C)N(CC(N)=O)C(=O)c1cc(N)cnc1Cl. The number of amides is 2. The van der Waals surface area contributed by atoms with Crippen LogP contribution in [0.3, 0.4) is 0 Å². The lowest BCUT2D eigenvalue weighted by molar-refractivity contribution is -0.119. The quantitative estimate of drug-likeness (QED) is 0.784. The van der Waals surface area contributed by atoms with Gasteiger partial charge in [0.1, 0.15) is 5.15 Å². The van der Waals surface area contributed by atoms with Gasteiger partial charge in [0.05, 0.1) is 24.0 Å². The van der Waals surface area contributed by atoms with E-state index in [-0.39, 0.29) is 23.3 Å². The van der Waals surface area contributed by atoms with Gasteiger partial charge in [-0.25, -0.2) is 4.98 Å². The lowest BCUT2D eigenvalue weighted by Crippen LogP contribution is -2.42. The molecule has 0 radical (unpaired) electrons. The average molecular weight is 271 g/mol. The molecular weight excluding hydrogens is 256 g/mol. The van der Waals surface area contributed by atoms with Gasteiger partial charge < -0.3 is 16.4 Å². The molecule has 18 heavy (non-hydrogen) atoms. The summed E-state index contributed by atoms with van der Waals surface area (Å²) in [5, 5.41) is 0.0457. The molecule has 1 rings (SSSR count). The van der Waals surface area contributed by atoms with Crippen molar-refractivity contribution < 1.29 is 9.59 Å². The highest BCUT2D eigenvalue weighted by Gasteiger charge is 2.23. The van der Waals surface area contributed by atoms with E-state index in [1.54, 1.807) is 13.8 Å². The number of hydrogen-bond acceptors (Lipinski definition) is 4. The summed E-state index contributed by atoms with van der Waals surface area (Å²) in [5.74, 6) is -1.02. The van der Waals surface area contributed by atoms with Gasteiger partial charge in [0.2, 0.25) is 5.91 Å². The van der Waals surface area contributed by atoms with Crippen LogP contribution in [0.5, 0.6) is 0 Å². The normalized spacial score (nSPS) is 10.4. The summed E-state index contributed by atoms with van der Waals surface area (Å²) in [6.07, 6.45) is 1.35. The van der Waals surface area contributed by atoms with Crippen LogP contribution in [0.25, 0.3) is 0 Å². The summed E-state index contributed by atoms with van der Waals surface area (Å²) in [7, 11) is 0. The Balaban J connectivity index is 3.09. The van der Waals surface area contributed by atoms with Gasteiger partial charge >= 0.3 is 0 Å². The van der Waals surface area contributed by atoms with Crippen molar-refractivity contribution in [1.29, 1.82) is 0 Å². The summed E-state index contributed by atoms with van der Waals surface area (Å²) in [5.41, 5.74) is 11.2. The maximum Gasteiger partial charge on any atom is 0.257 e. The summed E-state index contributed by atoms with van der Waals surface area (Å²) in [6, 6.07) is 1.23. The first-order valence-electron chi connectivity index (χ1n) is 5.33. The number of primary amides is 1. The van der Waals surface area contributed by atoms with Gasteiger partial charge in [-0.05, 0) is 19.9 Å². The van der Waals surface area contributed by atoms with Crippen molar-refractivity contribution in [3.05, 3.63) is 23.0 Å². The smallest absolute Gasteiger partial charge is 0.257 e. The van der Waals surface area contributed by atoms with E-state index in [1.807, 2.05) is 0 Å². The van der Waals surface area contributed by atoms with E-state index in [1.165, 1.54) is 17.2 Å². The summed E-state index contributed by atoms with van der Waals surface area (Å²) >= 11 is 5.85. The third kappa shape index (κ3) is 3.33. The standard InChI is InChI=1S/C11H15ClN4O2/c1-6(2)16(5-9(14)17)11(18)8-3-7(13)4-15-10(8)12/h3-4,6H,5,13H2,1-2H3,(H2,14,17). The van der Waals surface area contributed by atoms with Crippen LogP contribution in [0.1, 0.15) is 24.2 Å². The molecule has 1 aromatic rings. The van der Waals surface area contributed by atoms with Crippen LogP contribution in [0, 0.1) is 0 Å². The maximum atomic E-state index is 12.2. The molecule has 0 unspecified atom stereocenters. The van der Waals surface area contributed by atoms with E-state index in [0.29, 0.717) is 5.69 Å². The molecule has 0 aromatic carbocycles. The van der Waals surface area contributed by atoms with Crippen molar-refractivity contribution in [2.45, 2.75) is 19.9 Å². The van der Waals surface area contributed by atoms with E-state index in [4.69, 9.17) is 23.1 Å². The van der Waals surface area contributed by atoms with Crippen molar-refractivity contribution in [2.24, 2.45) is 5.73 Å². The molecule has 0 aliphatic carbocycles. The first-order valence-corrected chi connectivity index (χ1v) is 5.71. The lowest BCUT2D eigenvalue weighted by atomic mass is 10.2. The number of carbonyl (C=O) groups is 2. The highest BCUT2D eigenvalue weighted by Crippen LogP contribution is 2.18. The van der Waals surface area contributed by atoms with E-state index in [9.17, 15) is 9.59 Å². The first kappa shape index (κ1) is 14.2. The minimum atomic E-state index is -0.593. The van der Waals surface area contributed by atoms with Crippen LogP contribution < -0.4 is 11.5 Å². The third-order valence-electron chi connectivity index (χ3n) is 2.30. The van der Waals surface area contributed by atoms with Crippen molar-refractivity contribution >= 4 is 29.1 Å². The van der Waals surface area contributed by atoms with Gasteiger partial charge in [-0.2, -0.15) is 0 Å². The van der Waals surface area contributed by atoms with E-state index >= 15 is 0 Å². The van der Waals surface area contributed by atoms with E-state index in [2.05, 4.69) is 4.98 Å². The fourth-order valence-electron chi connectivity index (χ4n) is 1.43. The average Bonchev–Trinajstić information content (AvgIpc) is 2.27. The largest absolute Gasteiger partial charge is 0.397 e. The fourth-order valence-corrected chi connectivity index (χ4v) is 1.61. The molecule has 7 heteroatoms. The number of hydrogen-bond donors (Lipinski definition) is 2. The zero-order valence-corrected chi connectivity index (χ0v) is 10.9. The van der Waals surface area contributed by atoms with Gasteiger partial charge in [-0.3, -0.25) is 9.59 Å². The third-order valence-corrected chi connectivity index (χ3v) is 2.60. The Morgan fingerprint density at radius 2 is 2.11 bits per heavy atom. The number of anilines is 1. The van der Waals surface area contributed by atoms with Gasteiger partial charge in [-0.1, -0.05) is 11.6 Å². The van der Waals surface area contributed by atoms with Crippen molar-refractivity contribution in [3.63, 3.8) is 0 Å². The molecule has 6 nitrogen and oxygen atoms in total. The number of halogens is 1. The molecule has 1 aromatic heterocycles. The number of nitrogens with two attached hydrogens (primary N) is 2. The molecule has 98 valence electrons. The summed E-state index contributed by atoms with van der Waals surface area (Å²) in [6.45, 7) is 3.37. The molecule has 2 amide bonds. The second kappa shape index (κ2) is 5.68. The topological polar surface area (TPSA) is 102 Å². The van der Waals surface area contributed by atoms with Crippen LogP contribution in [0.2, 0.25) is 5.15 Å². The predicted molar refractivity (Wildman–Crippen MR) is 69.0 cm³/mol. The van der Waals surface area contributed by atoms with Crippen LogP contribution >= 0.6 is 11.6 Å². The van der Waals surface area contributed by atoms with Crippen molar-refractivity contribution in [3.8, 4) is 0 Å². The Kier molecular flexibility index (Phi) is 4.49. The predicted octanol–water partition coefficient (Wildman–Crippen LogP) is 0.653. The van der Waals surface area contributed by atoms with Crippen LogP contribution in [0.4, 0.5) is 5.69 Å². The number of nitrogen functional groups attached to an aromatic ring is 1. The Morgan fingerprint density at radius 3 is 2.61 bits per heavy atom. The molecule has 0 saturated heterocycles. The minimum Gasteiger partial charge on any atom is -0.397 e. The molecule has 0 fully saturated rings. The Labute approximate surface area is 110 Å². The highest BCUT2D eigenvalue weighted by molar-refractivity contribution is 6.32. The molecule has 0 spiro atoms. The van der Waals surface area contributed by atoms with Crippen molar-refractivity contribution in [2.75, 3.05) is 12.3 Å². The Bertz CT molecular complexity index is 476. The molecular formula is C11H15ClN4O2. The van der Waals surface area contributed by atoms with E-state index in [0.717, 1.165) is 0 Å². The number of aromatic nitrogens is 1. The zero-order valence-electron chi connectivity index (χ0n) is 10.2.